The zero-order chi connectivity index (χ0) is 11.6. The van der Waals surface area contributed by atoms with Crippen LogP contribution in [0.4, 0.5) is 0 Å². The predicted molar refractivity (Wildman–Crippen MR) is 67.7 cm³/mol. The first kappa shape index (κ1) is 12.4. The average Bonchev–Trinajstić information content (AvgIpc) is 2.69. The summed E-state index contributed by atoms with van der Waals surface area (Å²) in [7, 11) is 0. The van der Waals surface area contributed by atoms with E-state index in [1.54, 1.807) is 0 Å². The lowest BCUT2D eigenvalue weighted by molar-refractivity contribution is -0.0803. The molecule has 2 rings (SSSR count). The molecular formula is C14H27NO. The maximum Gasteiger partial charge on any atom is 0.0602 e. The third-order valence-electron chi connectivity index (χ3n) is 3.82. The molecule has 2 heteroatoms. The van der Waals surface area contributed by atoms with Crippen molar-refractivity contribution in [3.05, 3.63) is 0 Å². The largest absolute Gasteiger partial charge is 0.373 e. The van der Waals surface area contributed by atoms with Gasteiger partial charge < -0.3 is 9.64 Å². The maximum absolute atomic E-state index is 6.07. The minimum Gasteiger partial charge on any atom is -0.373 e. The highest BCUT2D eigenvalue weighted by molar-refractivity contribution is 4.83. The van der Waals surface area contributed by atoms with Gasteiger partial charge in [-0.1, -0.05) is 0 Å². The minimum absolute atomic E-state index is 0.0329. The Balaban J connectivity index is 1.74. The van der Waals surface area contributed by atoms with Gasteiger partial charge >= 0.3 is 0 Å². The van der Waals surface area contributed by atoms with Crippen LogP contribution in [0.1, 0.15) is 59.3 Å². The number of ether oxygens (including phenoxy) is 1. The van der Waals surface area contributed by atoms with Crippen molar-refractivity contribution in [1.29, 1.82) is 0 Å². The van der Waals surface area contributed by atoms with E-state index in [0.29, 0.717) is 6.10 Å². The van der Waals surface area contributed by atoms with Crippen LogP contribution in [-0.2, 0) is 4.74 Å². The highest BCUT2D eigenvalue weighted by Gasteiger charge is 2.29. The Morgan fingerprint density at radius 2 is 1.50 bits per heavy atom. The Labute approximate surface area is 100 Å². The summed E-state index contributed by atoms with van der Waals surface area (Å²) in [4.78, 5) is 2.70. The van der Waals surface area contributed by atoms with Crippen molar-refractivity contribution in [2.45, 2.75) is 77.0 Å². The van der Waals surface area contributed by atoms with Crippen LogP contribution in [0.5, 0.6) is 0 Å². The smallest absolute Gasteiger partial charge is 0.0602 e. The van der Waals surface area contributed by atoms with E-state index in [1.165, 1.54) is 51.6 Å². The fraction of sp³-hybridized carbons (Fsp3) is 1.00. The van der Waals surface area contributed by atoms with Gasteiger partial charge in [-0.15, -0.1) is 0 Å². The molecule has 0 radical (unpaired) electrons. The van der Waals surface area contributed by atoms with Gasteiger partial charge in [0.2, 0.25) is 0 Å². The molecule has 16 heavy (non-hydrogen) atoms. The van der Waals surface area contributed by atoms with Crippen LogP contribution in [-0.4, -0.2) is 35.7 Å². The van der Waals surface area contributed by atoms with Crippen LogP contribution in [0.15, 0.2) is 0 Å². The topological polar surface area (TPSA) is 12.5 Å². The molecule has 1 saturated carbocycles. The molecule has 0 unspecified atom stereocenters. The van der Waals surface area contributed by atoms with Crippen LogP contribution < -0.4 is 0 Å². The molecule has 0 aromatic rings. The lowest BCUT2D eigenvalue weighted by Crippen LogP contribution is -2.39. The quantitative estimate of drug-likeness (QED) is 0.715. The molecule has 0 aromatic heterocycles. The van der Waals surface area contributed by atoms with Crippen LogP contribution in [0.3, 0.4) is 0 Å². The third-order valence-corrected chi connectivity index (χ3v) is 3.82. The van der Waals surface area contributed by atoms with Crippen molar-refractivity contribution in [1.82, 2.24) is 4.90 Å². The molecule has 1 heterocycles. The first-order valence-electron chi connectivity index (χ1n) is 6.96. The zero-order valence-corrected chi connectivity index (χ0v) is 11.2. The van der Waals surface area contributed by atoms with E-state index in [2.05, 4.69) is 25.7 Å². The molecule has 0 atom stereocenters. The highest BCUT2D eigenvalue weighted by Crippen LogP contribution is 2.29. The Kier molecular flexibility index (Phi) is 3.91. The molecule has 0 aromatic carbocycles. The molecule has 0 amide bonds. The van der Waals surface area contributed by atoms with Gasteiger partial charge in [0.05, 0.1) is 11.7 Å². The molecule has 1 aliphatic carbocycles. The summed E-state index contributed by atoms with van der Waals surface area (Å²) < 4.78 is 6.07. The number of likely N-dealkylation sites (tertiary alicyclic amines) is 1. The van der Waals surface area contributed by atoms with Gasteiger partial charge in [-0.25, -0.2) is 0 Å². The van der Waals surface area contributed by atoms with Gasteiger partial charge in [0, 0.05) is 6.04 Å². The molecule has 1 saturated heterocycles. The van der Waals surface area contributed by atoms with Crippen molar-refractivity contribution in [2.24, 2.45) is 0 Å². The van der Waals surface area contributed by atoms with Gasteiger partial charge in [-0.05, 0) is 72.4 Å². The van der Waals surface area contributed by atoms with Crippen molar-refractivity contribution in [3.63, 3.8) is 0 Å². The summed E-state index contributed by atoms with van der Waals surface area (Å²) in [5.41, 5.74) is 0.0329. The van der Waals surface area contributed by atoms with Crippen LogP contribution in [0.2, 0.25) is 0 Å². The highest BCUT2D eigenvalue weighted by atomic mass is 16.5. The SMILES string of the molecule is CC(C)(C)OC1CCC(N2CCCC2)CC1. The fourth-order valence-electron chi connectivity index (χ4n) is 3.13. The minimum atomic E-state index is 0.0329. The summed E-state index contributed by atoms with van der Waals surface area (Å²) in [6.07, 6.45) is 8.56. The van der Waals surface area contributed by atoms with Crippen LogP contribution in [0, 0.1) is 0 Å². The molecule has 94 valence electrons. The molecule has 0 spiro atoms. The maximum atomic E-state index is 6.07. The Morgan fingerprint density at radius 1 is 0.938 bits per heavy atom. The van der Waals surface area contributed by atoms with Gasteiger partial charge in [0.1, 0.15) is 0 Å². The molecule has 0 bridgehead atoms. The average molecular weight is 225 g/mol. The van der Waals surface area contributed by atoms with Gasteiger partial charge in [0.25, 0.3) is 0 Å². The van der Waals surface area contributed by atoms with Crippen molar-refractivity contribution >= 4 is 0 Å². The van der Waals surface area contributed by atoms with E-state index in [9.17, 15) is 0 Å². The lowest BCUT2D eigenvalue weighted by atomic mass is 9.91. The van der Waals surface area contributed by atoms with E-state index in [1.807, 2.05) is 0 Å². The van der Waals surface area contributed by atoms with Gasteiger partial charge in [-0.2, -0.15) is 0 Å². The molecule has 2 nitrogen and oxygen atoms in total. The fourth-order valence-corrected chi connectivity index (χ4v) is 3.13. The lowest BCUT2D eigenvalue weighted by Gasteiger charge is -2.37. The predicted octanol–water partition coefficient (Wildman–Crippen LogP) is 3.21. The Bertz CT molecular complexity index is 207. The number of hydrogen-bond acceptors (Lipinski definition) is 2. The second-order valence-corrected chi connectivity index (χ2v) is 6.40. The summed E-state index contributed by atoms with van der Waals surface area (Å²) >= 11 is 0. The summed E-state index contributed by atoms with van der Waals surface area (Å²) in [5, 5.41) is 0. The number of nitrogens with zero attached hydrogens (tertiary/aromatic N) is 1. The van der Waals surface area contributed by atoms with Gasteiger partial charge in [0.15, 0.2) is 0 Å². The van der Waals surface area contributed by atoms with E-state index in [4.69, 9.17) is 4.74 Å². The van der Waals surface area contributed by atoms with E-state index in [0.717, 1.165) is 6.04 Å². The Hall–Kier alpha value is -0.0800. The van der Waals surface area contributed by atoms with Crippen LogP contribution in [0.25, 0.3) is 0 Å². The number of rotatable bonds is 2. The van der Waals surface area contributed by atoms with Crippen molar-refractivity contribution in [3.8, 4) is 0 Å². The summed E-state index contributed by atoms with van der Waals surface area (Å²) in [6, 6.07) is 0.863. The Morgan fingerprint density at radius 3 is 2.00 bits per heavy atom. The summed E-state index contributed by atoms with van der Waals surface area (Å²) in [6.45, 7) is 9.18. The van der Waals surface area contributed by atoms with E-state index < -0.39 is 0 Å². The normalized spacial score (nSPS) is 33.2. The molecular weight excluding hydrogens is 198 g/mol. The third kappa shape index (κ3) is 3.46. The molecule has 0 N–H and O–H groups in total. The monoisotopic (exact) mass is 225 g/mol. The standard InChI is InChI=1S/C14H27NO/c1-14(2,3)16-13-8-6-12(7-9-13)15-10-4-5-11-15/h12-13H,4-11H2,1-3H3. The first-order chi connectivity index (χ1) is 7.54. The second kappa shape index (κ2) is 5.05. The van der Waals surface area contributed by atoms with Gasteiger partial charge in [-0.3, -0.25) is 0 Å². The van der Waals surface area contributed by atoms with Crippen molar-refractivity contribution < 1.29 is 4.74 Å². The van der Waals surface area contributed by atoms with Crippen molar-refractivity contribution in [2.75, 3.05) is 13.1 Å². The number of hydrogen-bond donors (Lipinski definition) is 0. The second-order valence-electron chi connectivity index (χ2n) is 6.40. The van der Waals surface area contributed by atoms with E-state index in [-0.39, 0.29) is 5.60 Å². The summed E-state index contributed by atoms with van der Waals surface area (Å²) in [5.74, 6) is 0. The van der Waals surface area contributed by atoms with Crippen LogP contribution >= 0.6 is 0 Å². The zero-order valence-electron chi connectivity index (χ0n) is 11.2. The van der Waals surface area contributed by atoms with E-state index >= 15 is 0 Å². The molecule has 2 aliphatic rings. The first-order valence-corrected chi connectivity index (χ1v) is 6.96. The molecule has 2 fully saturated rings. The molecule has 1 aliphatic heterocycles.